The maximum Gasteiger partial charge on any atom is 0.333 e. The van der Waals surface area contributed by atoms with Crippen LogP contribution in [0.5, 0.6) is 0 Å². The highest BCUT2D eigenvalue weighted by molar-refractivity contribution is 5.87. The summed E-state index contributed by atoms with van der Waals surface area (Å²) in [6.07, 6.45) is 3.98. The largest absolute Gasteiger partial charge is 0.457 e. The molecule has 48 heavy (non-hydrogen) atoms. The van der Waals surface area contributed by atoms with E-state index < -0.39 is 36.2 Å². The van der Waals surface area contributed by atoms with E-state index in [1.165, 1.54) is 0 Å². The summed E-state index contributed by atoms with van der Waals surface area (Å²) < 4.78 is 16.9. The van der Waals surface area contributed by atoms with Gasteiger partial charge in [-0.3, -0.25) is 0 Å². The van der Waals surface area contributed by atoms with Crippen molar-refractivity contribution in [3.05, 3.63) is 36.5 Å². The molecule has 0 saturated heterocycles. The van der Waals surface area contributed by atoms with E-state index in [2.05, 4.69) is 40.5 Å². The molecule has 0 fully saturated rings. The minimum atomic E-state index is -0.467. The van der Waals surface area contributed by atoms with Crippen molar-refractivity contribution in [3.8, 4) is 0 Å². The van der Waals surface area contributed by atoms with Crippen LogP contribution in [0.4, 0.5) is 17.8 Å². The van der Waals surface area contributed by atoms with Gasteiger partial charge in [-0.25, -0.2) is 14.4 Å². The molecule has 0 aromatic carbocycles. The Labute approximate surface area is 288 Å². The van der Waals surface area contributed by atoms with Gasteiger partial charge in [0, 0.05) is 36.4 Å². The molecule has 0 spiro atoms. The van der Waals surface area contributed by atoms with Gasteiger partial charge in [-0.05, 0) is 60.8 Å². The number of esters is 3. The van der Waals surface area contributed by atoms with Crippen molar-refractivity contribution in [2.75, 3.05) is 54.0 Å². The van der Waals surface area contributed by atoms with Crippen LogP contribution in [0.1, 0.15) is 101 Å². The number of aromatic nitrogens is 3. The fraction of sp³-hybridized carbons (Fsp3) is 0.667. The third kappa shape index (κ3) is 15.3. The average molecular weight is 673 g/mol. The summed E-state index contributed by atoms with van der Waals surface area (Å²) in [6.45, 7) is 30.7. The zero-order chi connectivity index (χ0) is 36.4. The van der Waals surface area contributed by atoms with Crippen LogP contribution in [0.3, 0.4) is 0 Å². The number of ether oxygens (including phenoxy) is 3. The van der Waals surface area contributed by atoms with Gasteiger partial charge in [0.05, 0.1) is 19.6 Å². The van der Waals surface area contributed by atoms with Crippen molar-refractivity contribution in [3.63, 3.8) is 0 Å². The Kier molecular flexibility index (Phi) is 19.1. The number of carbonyl (C=O) groups excluding carboxylic acids is 3. The Morgan fingerprint density at radius 3 is 0.958 bits per heavy atom. The van der Waals surface area contributed by atoms with E-state index in [-0.39, 0.29) is 0 Å². The number of anilines is 3. The molecule has 1 rings (SSSR count). The molecule has 0 amide bonds. The molecule has 3 atom stereocenters. The molecule has 270 valence electrons. The zero-order valence-electron chi connectivity index (χ0n) is 31.0. The Bertz CT molecular complexity index is 1080. The molecule has 0 radical (unpaired) electrons. The highest BCUT2D eigenvalue weighted by Gasteiger charge is 2.25. The van der Waals surface area contributed by atoms with Gasteiger partial charge in [0.15, 0.2) is 0 Å². The quantitative estimate of drug-likeness (QED) is 0.0703. The lowest BCUT2D eigenvalue weighted by atomic mass is 10.2. The van der Waals surface area contributed by atoms with Crippen LogP contribution in [0.2, 0.25) is 0 Å². The molecule has 0 bridgehead atoms. The third-order valence-electron chi connectivity index (χ3n) is 7.20. The molecule has 0 aliphatic heterocycles. The van der Waals surface area contributed by atoms with Gasteiger partial charge < -0.3 is 28.9 Å². The molecule has 1 aromatic heterocycles. The number of hydrogen-bond donors (Lipinski definition) is 0. The summed E-state index contributed by atoms with van der Waals surface area (Å²) in [5.41, 5.74) is 0.980. The first kappa shape index (κ1) is 42.1. The Morgan fingerprint density at radius 2 is 0.771 bits per heavy atom. The molecule has 0 aliphatic rings. The van der Waals surface area contributed by atoms with Crippen molar-refractivity contribution in [2.45, 2.75) is 119 Å². The van der Waals surface area contributed by atoms with E-state index in [0.29, 0.717) is 73.8 Å². The first-order chi connectivity index (χ1) is 22.6. The predicted octanol–water partition coefficient (Wildman–Crippen LogP) is 6.21. The zero-order valence-corrected chi connectivity index (χ0v) is 31.0. The van der Waals surface area contributed by atoms with Crippen molar-refractivity contribution in [1.82, 2.24) is 15.0 Å². The minimum Gasteiger partial charge on any atom is -0.457 e. The van der Waals surface area contributed by atoms with Crippen molar-refractivity contribution in [2.24, 2.45) is 0 Å². The fourth-order valence-electron chi connectivity index (χ4n) is 4.53. The van der Waals surface area contributed by atoms with E-state index in [9.17, 15) is 14.4 Å². The van der Waals surface area contributed by atoms with Crippen LogP contribution < -0.4 is 14.7 Å². The standard InChI is InChI=1S/C36H60N6O6/c1-13-16-19-40(22-28(10)46-31(43)25(4)5)34-37-35(41(20-17-14-2)23-29(11)47-32(44)26(6)7)39-36(38-34)42(21-18-15-3)24-30(12)48-33(45)27(8)9/h28-30H,4,6,8,13-24H2,1-3,5,7,9-12H3. The monoisotopic (exact) mass is 672 g/mol. The molecule has 1 heterocycles. The second-order valence-corrected chi connectivity index (χ2v) is 12.6. The summed E-state index contributed by atoms with van der Waals surface area (Å²) in [7, 11) is 0. The van der Waals surface area contributed by atoms with Gasteiger partial charge in [0.1, 0.15) is 18.3 Å². The molecule has 0 saturated carbocycles. The van der Waals surface area contributed by atoms with Gasteiger partial charge >= 0.3 is 17.9 Å². The SMILES string of the molecule is C=C(C)C(=O)OC(C)CN(CCCC)c1nc(N(CCCC)CC(C)OC(=O)C(=C)C)nc(N(CCCC)CC(C)OC(=O)C(=C)C)n1. The van der Waals surface area contributed by atoms with Crippen LogP contribution in [-0.2, 0) is 28.6 Å². The summed E-state index contributed by atoms with van der Waals surface area (Å²) in [5, 5.41) is 0. The molecular weight excluding hydrogens is 612 g/mol. The highest BCUT2D eigenvalue weighted by atomic mass is 16.6. The fourth-order valence-corrected chi connectivity index (χ4v) is 4.53. The highest BCUT2D eigenvalue weighted by Crippen LogP contribution is 2.23. The van der Waals surface area contributed by atoms with E-state index in [1.807, 2.05) is 35.5 Å². The van der Waals surface area contributed by atoms with Gasteiger partial charge in [-0.15, -0.1) is 0 Å². The molecule has 12 nitrogen and oxygen atoms in total. The molecular formula is C36H60N6O6. The van der Waals surface area contributed by atoms with E-state index in [4.69, 9.17) is 29.2 Å². The van der Waals surface area contributed by atoms with Crippen LogP contribution in [0.25, 0.3) is 0 Å². The van der Waals surface area contributed by atoms with Gasteiger partial charge in [-0.2, -0.15) is 15.0 Å². The molecule has 12 heteroatoms. The Hall–Kier alpha value is -3.96. The molecule has 0 N–H and O–H groups in total. The average Bonchev–Trinajstić information content (AvgIpc) is 3.02. The van der Waals surface area contributed by atoms with Gasteiger partial charge in [0.2, 0.25) is 17.8 Å². The van der Waals surface area contributed by atoms with E-state index in [1.54, 1.807) is 20.8 Å². The summed E-state index contributed by atoms with van der Waals surface area (Å²) in [5.74, 6) is -0.0670. The van der Waals surface area contributed by atoms with Gasteiger partial charge in [-0.1, -0.05) is 59.8 Å². The van der Waals surface area contributed by atoms with Crippen molar-refractivity contribution >= 4 is 35.8 Å². The number of nitrogens with zero attached hydrogens (tertiary/aromatic N) is 6. The lowest BCUT2D eigenvalue weighted by Gasteiger charge is -2.31. The number of rotatable bonds is 24. The number of hydrogen-bond acceptors (Lipinski definition) is 12. The van der Waals surface area contributed by atoms with Crippen molar-refractivity contribution in [1.29, 1.82) is 0 Å². The normalized spacial score (nSPS) is 12.7. The molecule has 1 aromatic rings. The predicted molar refractivity (Wildman–Crippen MR) is 192 cm³/mol. The second kappa shape index (κ2) is 21.8. The van der Waals surface area contributed by atoms with Crippen molar-refractivity contribution < 1.29 is 28.6 Å². The molecule has 3 unspecified atom stereocenters. The summed E-state index contributed by atoms with van der Waals surface area (Å²) >= 11 is 0. The van der Waals surface area contributed by atoms with Gasteiger partial charge in [0.25, 0.3) is 0 Å². The van der Waals surface area contributed by atoms with Crippen LogP contribution in [0, 0.1) is 0 Å². The topological polar surface area (TPSA) is 127 Å². The summed E-state index contributed by atoms with van der Waals surface area (Å²) in [4.78, 5) is 58.0. The number of unbranched alkanes of at least 4 members (excludes halogenated alkanes) is 3. The lowest BCUT2D eigenvalue weighted by Crippen LogP contribution is -2.40. The maximum atomic E-state index is 12.3. The van der Waals surface area contributed by atoms with Crippen LogP contribution >= 0.6 is 0 Å². The van der Waals surface area contributed by atoms with E-state index >= 15 is 0 Å². The van der Waals surface area contributed by atoms with Crippen LogP contribution in [0.15, 0.2) is 36.5 Å². The van der Waals surface area contributed by atoms with E-state index in [0.717, 1.165) is 38.5 Å². The Morgan fingerprint density at radius 1 is 0.542 bits per heavy atom. The summed E-state index contributed by atoms with van der Waals surface area (Å²) in [6, 6.07) is 0. The first-order valence-corrected chi connectivity index (χ1v) is 17.2. The Balaban J connectivity index is 3.78. The smallest absolute Gasteiger partial charge is 0.333 e. The first-order valence-electron chi connectivity index (χ1n) is 17.2. The minimum absolute atomic E-state index is 0.327. The third-order valence-corrected chi connectivity index (χ3v) is 7.20. The van der Waals surface area contributed by atoms with Crippen LogP contribution in [-0.4, -0.2) is 90.4 Å². The maximum absolute atomic E-state index is 12.3. The lowest BCUT2D eigenvalue weighted by molar-refractivity contribution is -0.143. The number of carbonyl (C=O) groups is 3. The molecule has 0 aliphatic carbocycles. The second-order valence-electron chi connectivity index (χ2n) is 12.6.